The van der Waals surface area contributed by atoms with Gasteiger partial charge in [0.1, 0.15) is 18.3 Å². The van der Waals surface area contributed by atoms with Gasteiger partial charge in [-0.3, -0.25) is 4.79 Å². The van der Waals surface area contributed by atoms with Crippen molar-refractivity contribution in [1.82, 2.24) is 10.2 Å². The molecule has 1 saturated heterocycles. The standard InChI is InChI=1S/C22H27N3O5/c1-25(14-15-8-4-2-5-9-15)19(26)12-17-20(27)21(28)18(30-17)13-23-22(29)24-16-10-6-3-7-11-16/h2-11,17-18,20-21,27-28H,12-14H2,1H3,(H2,23,24,29). The maximum Gasteiger partial charge on any atom is 0.319 e. The number of benzene rings is 2. The van der Waals surface area contributed by atoms with Crippen LogP contribution in [-0.4, -0.2) is 65.1 Å². The zero-order valence-electron chi connectivity index (χ0n) is 16.8. The molecule has 0 bridgehead atoms. The minimum atomic E-state index is -1.21. The van der Waals surface area contributed by atoms with E-state index < -0.39 is 30.4 Å². The highest BCUT2D eigenvalue weighted by atomic mass is 16.5. The van der Waals surface area contributed by atoms with Crippen LogP contribution in [0.5, 0.6) is 0 Å². The van der Waals surface area contributed by atoms with Crippen LogP contribution in [0.4, 0.5) is 10.5 Å². The predicted molar refractivity (Wildman–Crippen MR) is 112 cm³/mol. The van der Waals surface area contributed by atoms with Crippen molar-refractivity contribution in [3.05, 3.63) is 66.2 Å². The second kappa shape index (κ2) is 10.2. The van der Waals surface area contributed by atoms with Gasteiger partial charge in [-0.2, -0.15) is 0 Å². The molecule has 0 saturated carbocycles. The summed E-state index contributed by atoms with van der Waals surface area (Å²) in [5.74, 6) is -0.203. The summed E-state index contributed by atoms with van der Waals surface area (Å²) in [7, 11) is 1.68. The lowest BCUT2D eigenvalue weighted by atomic mass is 10.0. The molecule has 8 heteroatoms. The molecule has 8 nitrogen and oxygen atoms in total. The Morgan fingerprint density at radius 2 is 1.57 bits per heavy atom. The normalized spacial score (nSPS) is 23.0. The van der Waals surface area contributed by atoms with Crippen LogP contribution >= 0.6 is 0 Å². The van der Waals surface area contributed by atoms with Crippen molar-refractivity contribution in [2.75, 3.05) is 18.9 Å². The Bertz CT molecular complexity index is 833. The van der Waals surface area contributed by atoms with Gasteiger partial charge in [0.2, 0.25) is 5.91 Å². The van der Waals surface area contributed by atoms with E-state index in [2.05, 4.69) is 10.6 Å². The largest absolute Gasteiger partial charge is 0.388 e. The van der Waals surface area contributed by atoms with Gasteiger partial charge in [0.25, 0.3) is 0 Å². The third-order valence-corrected chi connectivity index (χ3v) is 5.02. The average Bonchev–Trinajstić information content (AvgIpc) is 3.01. The number of aliphatic hydroxyl groups is 2. The van der Waals surface area contributed by atoms with Crippen molar-refractivity contribution in [3.8, 4) is 0 Å². The highest BCUT2D eigenvalue weighted by molar-refractivity contribution is 5.89. The first-order valence-corrected chi connectivity index (χ1v) is 9.83. The van der Waals surface area contributed by atoms with E-state index in [0.717, 1.165) is 5.56 Å². The Hall–Kier alpha value is -2.94. The number of hydrogen-bond donors (Lipinski definition) is 4. The molecule has 160 valence electrons. The number of carbonyl (C=O) groups excluding carboxylic acids is 2. The van der Waals surface area contributed by atoms with E-state index >= 15 is 0 Å². The maximum atomic E-state index is 12.5. The van der Waals surface area contributed by atoms with Gasteiger partial charge in [0.05, 0.1) is 12.5 Å². The van der Waals surface area contributed by atoms with Crippen molar-refractivity contribution in [2.45, 2.75) is 37.4 Å². The summed E-state index contributed by atoms with van der Waals surface area (Å²) in [6.07, 6.45) is -4.11. The van der Waals surface area contributed by atoms with Gasteiger partial charge in [-0.25, -0.2) is 4.79 Å². The van der Waals surface area contributed by atoms with E-state index in [1.54, 1.807) is 36.2 Å². The topological polar surface area (TPSA) is 111 Å². The summed E-state index contributed by atoms with van der Waals surface area (Å²) >= 11 is 0. The highest BCUT2D eigenvalue weighted by Crippen LogP contribution is 2.24. The van der Waals surface area contributed by atoms with E-state index in [9.17, 15) is 19.8 Å². The molecule has 3 rings (SSSR count). The average molecular weight is 413 g/mol. The smallest absolute Gasteiger partial charge is 0.319 e. The van der Waals surface area contributed by atoms with Gasteiger partial charge in [0, 0.05) is 25.8 Å². The van der Waals surface area contributed by atoms with Crippen LogP contribution in [0.3, 0.4) is 0 Å². The van der Waals surface area contributed by atoms with Gasteiger partial charge in [0.15, 0.2) is 0 Å². The van der Waals surface area contributed by atoms with E-state index in [-0.39, 0.29) is 18.9 Å². The number of anilines is 1. The number of carbonyl (C=O) groups is 2. The highest BCUT2D eigenvalue weighted by Gasteiger charge is 2.43. The molecule has 1 aliphatic rings. The number of nitrogens with zero attached hydrogens (tertiary/aromatic N) is 1. The Balaban J connectivity index is 1.47. The fourth-order valence-electron chi connectivity index (χ4n) is 3.33. The maximum absolute atomic E-state index is 12.5. The molecule has 4 atom stereocenters. The molecule has 0 aliphatic carbocycles. The SMILES string of the molecule is CN(Cc1ccccc1)C(=O)CC1OC(CNC(=O)Nc2ccccc2)C(O)C1O. The molecule has 1 heterocycles. The first kappa shape index (κ1) is 21.8. The molecule has 4 N–H and O–H groups in total. The number of rotatable bonds is 7. The quantitative estimate of drug-likeness (QED) is 0.548. The Morgan fingerprint density at radius 1 is 0.967 bits per heavy atom. The van der Waals surface area contributed by atoms with Crippen LogP contribution in [0.15, 0.2) is 60.7 Å². The van der Waals surface area contributed by atoms with Crippen LogP contribution in [0.1, 0.15) is 12.0 Å². The summed E-state index contributed by atoms with van der Waals surface area (Å²) in [6, 6.07) is 18.0. The molecule has 30 heavy (non-hydrogen) atoms. The molecule has 4 unspecified atom stereocenters. The molecule has 0 aromatic heterocycles. The molecule has 0 spiro atoms. The minimum absolute atomic E-state index is 0.00143. The van der Waals surface area contributed by atoms with Gasteiger partial charge < -0.3 is 30.5 Å². The van der Waals surface area contributed by atoms with Crippen LogP contribution in [0.2, 0.25) is 0 Å². The van der Waals surface area contributed by atoms with Gasteiger partial charge in [-0.05, 0) is 17.7 Å². The molecule has 2 aromatic carbocycles. The summed E-state index contributed by atoms with van der Waals surface area (Å²) < 4.78 is 5.67. The molecule has 3 amide bonds. The Kier molecular flexibility index (Phi) is 7.40. The lowest BCUT2D eigenvalue weighted by molar-refractivity contribution is -0.134. The van der Waals surface area contributed by atoms with Crippen molar-refractivity contribution in [2.24, 2.45) is 0 Å². The number of nitrogens with one attached hydrogen (secondary N) is 2. The third-order valence-electron chi connectivity index (χ3n) is 5.02. The van der Waals surface area contributed by atoms with Crippen LogP contribution < -0.4 is 10.6 Å². The molecule has 2 aromatic rings. The number of para-hydroxylation sites is 1. The van der Waals surface area contributed by atoms with Gasteiger partial charge in [-0.15, -0.1) is 0 Å². The van der Waals surface area contributed by atoms with Crippen LogP contribution in [0, 0.1) is 0 Å². The summed E-state index contributed by atoms with van der Waals surface area (Å²) in [5.41, 5.74) is 1.63. The van der Waals surface area contributed by atoms with Gasteiger partial charge >= 0.3 is 6.03 Å². The van der Waals surface area contributed by atoms with E-state index in [0.29, 0.717) is 12.2 Å². The number of ether oxygens (including phenoxy) is 1. The summed E-state index contributed by atoms with van der Waals surface area (Å²) in [6.45, 7) is 0.442. The van der Waals surface area contributed by atoms with Crippen molar-refractivity contribution >= 4 is 17.6 Å². The first-order chi connectivity index (χ1) is 14.4. The number of urea groups is 1. The van der Waals surface area contributed by atoms with Crippen molar-refractivity contribution < 1.29 is 24.5 Å². The Morgan fingerprint density at radius 3 is 2.23 bits per heavy atom. The monoisotopic (exact) mass is 413 g/mol. The lowest BCUT2D eigenvalue weighted by Crippen LogP contribution is -2.41. The lowest BCUT2D eigenvalue weighted by Gasteiger charge is -2.21. The van der Waals surface area contributed by atoms with Crippen LogP contribution in [0.25, 0.3) is 0 Å². The predicted octanol–water partition coefficient (Wildman–Crippen LogP) is 1.35. The minimum Gasteiger partial charge on any atom is -0.388 e. The molecular formula is C22H27N3O5. The summed E-state index contributed by atoms with van der Waals surface area (Å²) in [4.78, 5) is 26.1. The Labute approximate surface area is 175 Å². The number of hydrogen-bond acceptors (Lipinski definition) is 5. The molecular weight excluding hydrogens is 386 g/mol. The zero-order chi connectivity index (χ0) is 21.5. The number of amides is 3. The van der Waals surface area contributed by atoms with Crippen molar-refractivity contribution in [1.29, 1.82) is 0 Å². The molecule has 0 radical (unpaired) electrons. The second-order valence-corrected chi connectivity index (χ2v) is 7.33. The fraction of sp³-hybridized carbons (Fsp3) is 0.364. The summed E-state index contributed by atoms with van der Waals surface area (Å²) in [5, 5.41) is 25.8. The van der Waals surface area contributed by atoms with E-state index in [1.807, 2.05) is 36.4 Å². The molecule has 1 fully saturated rings. The number of aliphatic hydroxyl groups excluding tert-OH is 2. The zero-order valence-corrected chi connectivity index (χ0v) is 16.8. The molecule has 1 aliphatic heterocycles. The second-order valence-electron chi connectivity index (χ2n) is 7.33. The van der Waals surface area contributed by atoms with E-state index in [4.69, 9.17) is 4.74 Å². The van der Waals surface area contributed by atoms with E-state index in [1.165, 1.54) is 0 Å². The first-order valence-electron chi connectivity index (χ1n) is 9.83. The van der Waals surface area contributed by atoms with Gasteiger partial charge in [-0.1, -0.05) is 48.5 Å². The fourth-order valence-corrected chi connectivity index (χ4v) is 3.33. The van der Waals surface area contributed by atoms with Crippen LogP contribution in [-0.2, 0) is 16.1 Å². The third kappa shape index (κ3) is 5.79. The van der Waals surface area contributed by atoms with Crippen molar-refractivity contribution in [3.63, 3.8) is 0 Å².